The van der Waals surface area contributed by atoms with E-state index in [1.165, 1.54) is 12.1 Å². The fourth-order valence-corrected chi connectivity index (χ4v) is 6.09. The summed E-state index contributed by atoms with van der Waals surface area (Å²) in [6, 6.07) is 6.45. The van der Waals surface area contributed by atoms with Crippen LogP contribution >= 0.6 is 0 Å². The molecule has 12 heteroatoms. The Hall–Kier alpha value is -4.87. The molecule has 0 bridgehead atoms. The van der Waals surface area contributed by atoms with E-state index in [4.69, 9.17) is 10.5 Å². The minimum absolute atomic E-state index is 0.0295. The molecule has 0 aliphatic heterocycles. The lowest BCUT2D eigenvalue weighted by Crippen LogP contribution is -2.43. The second-order valence-electron chi connectivity index (χ2n) is 10.6. The lowest BCUT2D eigenvalue weighted by molar-refractivity contribution is -0.126. The van der Waals surface area contributed by atoms with Crippen LogP contribution in [0.15, 0.2) is 53.0 Å². The van der Waals surface area contributed by atoms with Crippen LogP contribution in [0.3, 0.4) is 0 Å². The lowest BCUT2D eigenvalue weighted by Gasteiger charge is -2.41. The van der Waals surface area contributed by atoms with E-state index in [0.29, 0.717) is 11.3 Å². The number of anilines is 1. The standard InChI is InChI=1S/C29H28FN3O8/c1-33(2)18-9-14(11-32-29(40)41-16-5-3-15(30)4-6-16)24(35)22-17(18)8-12-7-13-10-19(34)23(28(31)39)27(38)21(13)25(36)20(12)26(22)37/h3-6,9,12-13,21,34-36H,7-8,10-11H2,1-2H3,(H2,31,39)(H,32,40). The van der Waals surface area contributed by atoms with Gasteiger partial charge in [0.05, 0.1) is 11.5 Å². The molecule has 2 aromatic carbocycles. The van der Waals surface area contributed by atoms with E-state index in [0.717, 1.165) is 12.1 Å². The molecule has 0 aromatic heterocycles. The first-order valence-corrected chi connectivity index (χ1v) is 12.9. The number of allylic oxidation sites excluding steroid dienone is 3. The Morgan fingerprint density at radius 3 is 2.44 bits per heavy atom. The largest absolute Gasteiger partial charge is 0.511 e. The normalized spacial score (nSPS) is 21.6. The Kier molecular flexibility index (Phi) is 6.93. The Morgan fingerprint density at radius 2 is 1.80 bits per heavy atom. The van der Waals surface area contributed by atoms with Crippen molar-refractivity contribution in [2.45, 2.75) is 25.8 Å². The molecule has 2 amide bonds. The van der Waals surface area contributed by atoms with E-state index < -0.39 is 70.0 Å². The van der Waals surface area contributed by atoms with Crippen molar-refractivity contribution < 1.29 is 43.6 Å². The third-order valence-electron chi connectivity index (χ3n) is 7.87. The zero-order valence-corrected chi connectivity index (χ0v) is 22.2. The fraction of sp³-hybridized carbons (Fsp3) is 0.310. The highest BCUT2D eigenvalue weighted by Crippen LogP contribution is 2.51. The summed E-state index contributed by atoms with van der Waals surface area (Å²) in [6.07, 6.45) is -0.383. The number of benzene rings is 2. The van der Waals surface area contributed by atoms with Crippen LogP contribution in [0.5, 0.6) is 11.5 Å². The zero-order valence-electron chi connectivity index (χ0n) is 22.2. The maximum absolute atomic E-state index is 13.9. The van der Waals surface area contributed by atoms with Gasteiger partial charge in [-0.15, -0.1) is 0 Å². The third kappa shape index (κ3) is 4.75. The Labute approximate surface area is 233 Å². The first-order valence-electron chi connectivity index (χ1n) is 12.9. The Balaban J connectivity index is 1.49. The van der Waals surface area contributed by atoms with Crippen molar-refractivity contribution in [2.24, 2.45) is 23.5 Å². The van der Waals surface area contributed by atoms with Crippen molar-refractivity contribution in [2.75, 3.05) is 19.0 Å². The first kappa shape index (κ1) is 27.7. The number of ketones is 2. The van der Waals surface area contributed by atoms with Crippen molar-refractivity contribution in [3.05, 3.63) is 75.5 Å². The number of aromatic hydroxyl groups is 1. The van der Waals surface area contributed by atoms with Gasteiger partial charge in [0, 0.05) is 43.9 Å². The second-order valence-corrected chi connectivity index (χ2v) is 10.6. The number of aliphatic hydroxyl groups is 2. The van der Waals surface area contributed by atoms with Gasteiger partial charge >= 0.3 is 6.09 Å². The van der Waals surface area contributed by atoms with Gasteiger partial charge in [-0.25, -0.2) is 9.18 Å². The number of nitrogens with zero attached hydrogens (tertiary/aromatic N) is 1. The molecular weight excluding hydrogens is 537 g/mol. The van der Waals surface area contributed by atoms with Crippen molar-refractivity contribution >= 4 is 29.3 Å². The number of hydrogen-bond donors (Lipinski definition) is 5. The van der Waals surface area contributed by atoms with Gasteiger partial charge in [0.1, 0.15) is 34.4 Å². The monoisotopic (exact) mass is 565 g/mol. The number of primary amides is 1. The number of carbonyl (C=O) groups is 4. The van der Waals surface area contributed by atoms with E-state index in [1.807, 2.05) is 0 Å². The number of aliphatic hydroxyl groups excluding tert-OH is 2. The molecule has 0 fully saturated rings. The average molecular weight is 566 g/mol. The predicted octanol–water partition coefficient (Wildman–Crippen LogP) is 2.96. The van der Waals surface area contributed by atoms with Gasteiger partial charge in [-0.05, 0) is 60.6 Å². The smallest absolute Gasteiger partial charge is 0.412 e. The Bertz CT molecular complexity index is 1560. The molecule has 5 rings (SSSR count). The number of rotatable bonds is 5. The van der Waals surface area contributed by atoms with Crippen LogP contribution < -0.4 is 20.7 Å². The molecule has 0 heterocycles. The summed E-state index contributed by atoms with van der Waals surface area (Å²) in [6.45, 7) is -0.225. The zero-order chi connectivity index (χ0) is 29.7. The first-order chi connectivity index (χ1) is 19.4. The summed E-state index contributed by atoms with van der Waals surface area (Å²) in [5.41, 5.74) is 5.95. The van der Waals surface area contributed by atoms with E-state index in [-0.39, 0.29) is 48.3 Å². The number of ether oxygens (including phenoxy) is 1. The minimum atomic E-state index is -1.22. The van der Waals surface area contributed by atoms with E-state index in [1.54, 1.807) is 25.1 Å². The van der Waals surface area contributed by atoms with Crippen LogP contribution in [0, 0.1) is 23.6 Å². The third-order valence-corrected chi connectivity index (χ3v) is 7.87. The maximum Gasteiger partial charge on any atom is 0.412 e. The number of carbonyl (C=O) groups excluding carboxylic acids is 4. The quantitative estimate of drug-likeness (QED) is 0.341. The van der Waals surface area contributed by atoms with Crippen molar-refractivity contribution in [3.63, 3.8) is 0 Å². The molecule has 3 unspecified atom stereocenters. The number of fused-ring (bicyclic) bond motifs is 3. The van der Waals surface area contributed by atoms with E-state index >= 15 is 0 Å². The number of halogens is 1. The van der Waals surface area contributed by atoms with Gasteiger partial charge in [0.15, 0.2) is 11.6 Å². The molecule has 3 aliphatic carbocycles. The Morgan fingerprint density at radius 1 is 1.12 bits per heavy atom. The topological polar surface area (TPSA) is 179 Å². The number of phenols is 1. The van der Waals surface area contributed by atoms with Crippen LogP contribution in [0.2, 0.25) is 0 Å². The highest BCUT2D eigenvalue weighted by molar-refractivity contribution is 6.22. The molecule has 6 N–H and O–H groups in total. The molecule has 11 nitrogen and oxygen atoms in total. The van der Waals surface area contributed by atoms with E-state index in [2.05, 4.69) is 5.32 Å². The SMILES string of the molecule is CN(C)c1cc(CNC(=O)Oc2ccc(F)cc2)c(O)c2c1CC1CC3CC(O)=C(C(N)=O)C(=O)C3C(O)=C1C2=O. The van der Waals surface area contributed by atoms with Crippen LogP contribution in [-0.4, -0.2) is 53.0 Å². The van der Waals surface area contributed by atoms with Gasteiger partial charge < -0.3 is 36.0 Å². The summed E-state index contributed by atoms with van der Waals surface area (Å²) in [7, 11) is 3.51. The summed E-state index contributed by atoms with van der Waals surface area (Å²) >= 11 is 0. The van der Waals surface area contributed by atoms with Crippen LogP contribution in [0.1, 0.15) is 34.3 Å². The second kappa shape index (κ2) is 10.3. The fourth-order valence-electron chi connectivity index (χ4n) is 6.09. The number of hydrogen-bond acceptors (Lipinski definition) is 9. The summed E-state index contributed by atoms with van der Waals surface area (Å²) in [5, 5.41) is 35.2. The van der Waals surface area contributed by atoms with Gasteiger partial charge in [0.25, 0.3) is 5.91 Å². The molecular formula is C29H28FN3O8. The van der Waals surface area contributed by atoms with Crippen LogP contribution in [0.4, 0.5) is 14.9 Å². The van der Waals surface area contributed by atoms with Crippen molar-refractivity contribution in [3.8, 4) is 11.5 Å². The molecule has 41 heavy (non-hydrogen) atoms. The molecule has 0 radical (unpaired) electrons. The highest BCUT2D eigenvalue weighted by atomic mass is 19.1. The summed E-state index contributed by atoms with van der Waals surface area (Å²) in [5.74, 6) is -6.60. The number of nitrogens with two attached hydrogens (primary N) is 1. The molecule has 0 saturated heterocycles. The van der Waals surface area contributed by atoms with Crippen molar-refractivity contribution in [1.29, 1.82) is 0 Å². The van der Waals surface area contributed by atoms with Gasteiger partial charge in [0.2, 0.25) is 0 Å². The number of amides is 2. The van der Waals surface area contributed by atoms with Crippen LogP contribution in [0.25, 0.3) is 0 Å². The molecule has 3 atom stereocenters. The summed E-state index contributed by atoms with van der Waals surface area (Å²) < 4.78 is 18.2. The number of nitrogens with one attached hydrogen (secondary N) is 1. The van der Waals surface area contributed by atoms with Gasteiger partial charge in [-0.1, -0.05) is 0 Å². The molecule has 0 saturated carbocycles. The lowest BCUT2D eigenvalue weighted by atomic mass is 9.62. The number of phenolic OH excluding ortho intramolecular Hbond substituents is 1. The highest BCUT2D eigenvalue weighted by Gasteiger charge is 2.50. The van der Waals surface area contributed by atoms with E-state index in [9.17, 15) is 38.9 Å². The average Bonchev–Trinajstić information content (AvgIpc) is 2.88. The predicted molar refractivity (Wildman–Crippen MR) is 143 cm³/mol. The molecule has 2 aromatic rings. The maximum atomic E-state index is 13.9. The molecule has 214 valence electrons. The van der Waals surface area contributed by atoms with Crippen LogP contribution in [-0.2, 0) is 22.6 Å². The molecule has 0 spiro atoms. The minimum Gasteiger partial charge on any atom is -0.511 e. The molecule has 3 aliphatic rings. The number of Topliss-reactive ketones (excluding diaryl/α,β-unsaturated/α-hetero) is 2. The van der Waals surface area contributed by atoms with Crippen molar-refractivity contribution in [1.82, 2.24) is 5.32 Å². The van der Waals surface area contributed by atoms with Gasteiger partial charge in [-0.2, -0.15) is 0 Å². The summed E-state index contributed by atoms with van der Waals surface area (Å²) in [4.78, 5) is 52.8. The van der Waals surface area contributed by atoms with Gasteiger partial charge in [-0.3, -0.25) is 14.4 Å².